The van der Waals surface area contributed by atoms with Crippen molar-refractivity contribution in [3.05, 3.63) is 17.7 Å². The molecule has 5 heteroatoms. The Kier molecular flexibility index (Phi) is 10.2. The van der Waals surface area contributed by atoms with Gasteiger partial charge in [-0.15, -0.1) is 0 Å². The molecule has 0 fully saturated rings. The number of anilines is 1. The van der Waals surface area contributed by atoms with Crippen molar-refractivity contribution >= 4 is 23.0 Å². The summed E-state index contributed by atoms with van der Waals surface area (Å²) in [7, 11) is 0. The van der Waals surface area contributed by atoms with Crippen molar-refractivity contribution in [1.82, 2.24) is 5.32 Å². The number of thiocarbonyl (C=S) groups is 1. The number of benzene rings is 1. The van der Waals surface area contributed by atoms with Crippen LogP contribution in [0.1, 0.15) is 58.4 Å². The molecule has 4 nitrogen and oxygen atoms in total. The highest BCUT2D eigenvalue weighted by Crippen LogP contribution is 2.32. The van der Waals surface area contributed by atoms with Crippen LogP contribution in [-0.4, -0.2) is 24.9 Å². The van der Waals surface area contributed by atoms with Crippen LogP contribution in [0.5, 0.6) is 11.5 Å². The predicted molar refractivity (Wildman–Crippen MR) is 106 cm³/mol. The highest BCUT2D eigenvalue weighted by molar-refractivity contribution is 7.80. The molecule has 0 aliphatic heterocycles. The lowest BCUT2D eigenvalue weighted by molar-refractivity contribution is 0.330. The minimum Gasteiger partial charge on any atom is -0.494 e. The van der Waals surface area contributed by atoms with Gasteiger partial charge in [-0.25, -0.2) is 0 Å². The molecular weight excluding hydrogens is 320 g/mol. The number of nitrogens with one attached hydrogen (secondary N) is 2. The zero-order valence-electron chi connectivity index (χ0n) is 15.5. The summed E-state index contributed by atoms with van der Waals surface area (Å²) in [6, 6.07) is 3.95. The lowest BCUT2D eigenvalue weighted by atomic mass is 10.1. The van der Waals surface area contributed by atoms with E-state index in [1.807, 2.05) is 32.9 Å². The van der Waals surface area contributed by atoms with Crippen molar-refractivity contribution in [2.45, 2.75) is 59.8 Å². The standard InChI is InChI=1S/C19H32N2O2S/c1-5-8-9-10-11-12-20-19(24)21-16-14-17(22-6-2)15(4)13-18(16)23-7-3/h13-14H,5-12H2,1-4H3,(H2,20,21,24). The molecule has 24 heavy (non-hydrogen) atoms. The van der Waals surface area contributed by atoms with Crippen molar-refractivity contribution in [1.29, 1.82) is 0 Å². The van der Waals surface area contributed by atoms with Crippen molar-refractivity contribution in [3.63, 3.8) is 0 Å². The Balaban J connectivity index is 2.60. The first-order valence-corrected chi connectivity index (χ1v) is 9.48. The molecule has 0 unspecified atom stereocenters. The zero-order valence-corrected chi connectivity index (χ0v) is 16.4. The van der Waals surface area contributed by atoms with Gasteiger partial charge in [-0.05, 0) is 51.0 Å². The highest BCUT2D eigenvalue weighted by Gasteiger charge is 2.10. The van der Waals surface area contributed by atoms with Gasteiger partial charge in [0.25, 0.3) is 0 Å². The van der Waals surface area contributed by atoms with Crippen LogP contribution in [0.15, 0.2) is 12.1 Å². The first-order valence-electron chi connectivity index (χ1n) is 9.07. The Hall–Kier alpha value is -1.49. The molecule has 0 radical (unpaired) electrons. The fourth-order valence-corrected chi connectivity index (χ4v) is 2.65. The van der Waals surface area contributed by atoms with Crippen LogP contribution in [-0.2, 0) is 0 Å². The van der Waals surface area contributed by atoms with Gasteiger partial charge in [-0.1, -0.05) is 32.6 Å². The van der Waals surface area contributed by atoms with Gasteiger partial charge < -0.3 is 20.1 Å². The van der Waals surface area contributed by atoms with Gasteiger partial charge in [0.2, 0.25) is 0 Å². The van der Waals surface area contributed by atoms with Crippen LogP contribution in [0.2, 0.25) is 0 Å². The van der Waals surface area contributed by atoms with E-state index in [1.165, 1.54) is 25.7 Å². The minimum atomic E-state index is 0.611. The second-order valence-electron chi connectivity index (χ2n) is 5.78. The maximum atomic E-state index is 5.72. The van der Waals surface area contributed by atoms with Crippen LogP contribution >= 0.6 is 12.2 Å². The summed E-state index contributed by atoms with van der Waals surface area (Å²) in [5.74, 6) is 1.65. The van der Waals surface area contributed by atoms with Crippen LogP contribution in [0.4, 0.5) is 5.69 Å². The molecule has 1 aromatic rings. The second-order valence-corrected chi connectivity index (χ2v) is 6.18. The summed E-state index contributed by atoms with van der Waals surface area (Å²) in [5.41, 5.74) is 1.90. The molecule has 0 atom stereocenters. The van der Waals surface area contributed by atoms with E-state index in [0.29, 0.717) is 18.3 Å². The van der Waals surface area contributed by atoms with E-state index < -0.39 is 0 Å². The summed E-state index contributed by atoms with van der Waals surface area (Å²) in [6.07, 6.45) is 6.25. The first kappa shape index (κ1) is 20.6. The SMILES string of the molecule is CCCCCCCNC(=S)Nc1cc(OCC)c(C)cc1OCC. The first-order chi connectivity index (χ1) is 11.6. The van der Waals surface area contributed by atoms with E-state index in [-0.39, 0.29) is 0 Å². The Bertz CT molecular complexity index is 506. The molecule has 0 saturated heterocycles. The van der Waals surface area contributed by atoms with E-state index in [1.54, 1.807) is 0 Å². The third-order valence-corrected chi connectivity index (χ3v) is 3.94. The Morgan fingerprint density at radius 2 is 1.62 bits per heavy atom. The van der Waals surface area contributed by atoms with Gasteiger partial charge >= 0.3 is 0 Å². The lowest BCUT2D eigenvalue weighted by Gasteiger charge is -2.17. The number of hydrogen-bond donors (Lipinski definition) is 2. The molecule has 0 aliphatic carbocycles. The average Bonchev–Trinajstić information content (AvgIpc) is 2.55. The van der Waals surface area contributed by atoms with Gasteiger partial charge in [-0.3, -0.25) is 0 Å². The van der Waals surface area contributed by atoms with Gasteiger partial charge in [0.05, 0.1) is 18.9 Å². The minimum absolute atomic E-state index is 0.611. The molecular formula is C19H32N2O2S. The molecule has 136 valence electrons. The molecule has 0 spiro atoms. The average molecular weight is 353 g/mol. The van der Waals surface area contributed by atoms with E-state index in [2.05, 4.69) is 17.6 Å². The van der Waals surface area contributed by atoms with Crippen molar-refractivity contribution < 1.29 is 9.47 Å². The normalized spacial score (nSPS) is 10.3. The van der Waals surface area contributed by atoms with Gasteiger partial charge in [0.15, 0.2) is 5.11 Å². The monoisotopic (exact) mass is 352 g/mol. The van der Waals surface area contributed by atoms with E-state index in [9.17, 15) is 0 Å². The van der Waals surface area contributed by atoms with Crippen LogP contribution in [0, 0.1) is 6.92 Å². The van der Waals surface area contributed by atoms with Crippen molar-refractivity contribution in [2.24, 2.45) is 0 Å². The number of hydrogen-bond acceptors (Lipinski definition) is 3. The molecule has 0 saturated carbocycles. The molecule has 1 aromatic carbocycles. The van der Waals surface area contributed by atoms with E-state index in [4.69, 9.17) is 21.7 Å². The zero-order chi connectivity index (χ0) is 17.8. The highest BCUT2D eigenvalue weighted by atomic mass is 32.1. The summed E-state index contributed by atoms with van der Waals surface area (Å²) in [6.45, 7) is 10.3. The largest absolute Gasteiger partial charge is 0.494 e. The molecule has 0 heterocycles. The Labute approximate surface area is 152 Å². The molecule has 0 amide bonds. The maximum Gasteiger partial charge on any atom is 0.170 e. The van der Waals surface area contributed by atoms with Gasteiger partial charge in [0.1, 0.15) is 11.5 Å². The molecule has 1 rings (SSSR count). The number of unbranched alkanes of at least 4 members (excludes halogenated alkanes) is 4. The molecule has 0 aliphatic rings. The third kappa shape index (κ3) is 7.39. The number of aryl methyl sites for hydroxylation is 1. The van der Waals surface area contributed by atoms with E-state index in [0.717, 1.165) is 35.7 Å². The van der Waals surface area contributed by atoms with Crippen molar-refractivity contribution in [3.8, 4) is 11.5 Å². The van der Waals surface area contributed by atoms with Crippen LogP contribution in [0.3, 0.4) is 0 Å². The lowest BCUT2D eigenvalue weighted by Crippen LogP contribution is -2.29. The van der Waals surface area contributed by atoms with Crippen LogP contribution in [0.25, 0.3) is 0 Å². The molecule has 0 aromatic heterocycles. The number of ether oxygens (including phenoxy) is 2. The summed E-state index contributed by atoms with van der Waals surface area (Å²) < 4.78 is 11.4. The molecule has 2 N–H and O–H groups in total. The Morgan fingerprint density at radius 1 is 0.958 bits per heavy atom. The second kappa shape index (κ2) is 12.0. The third-order valence-electron chi connectivity index (χ3n) is 3.69. The van der Waals surface area contributed by atoms with Gasteiger partial charge in [0, 0.05) is 12.6 Å². The number of rotatable bonds is 11. The summed E-state index contributed by atoms with van der Waals surface area (Å²) in [5, 5.41) is 7.13. The topological polar surface area (TPSA) is 42.5 Å². The molecule has 0 bridgehead atoms. The smallest absolute Gasteiger partial charge is 0.170 e. The summed E-state index contributed by atoms with van der Waals surface area (Å²) >= 11 is 5.40. The van der Waals surface area contributed by atoms with Crippen LogP contribution < -0.4 is 20.1 Å². The summed E-state index contributed by atoms with van der Waals surface area (Å²) in [4.78, 5) is 0. The van der Waals surface area contributed by atoms with E-state index >= 15 is 0 Å². The fraction of sp³-hybridized carbons (Fsp3) is 0.632. The predicted octanol–water partition coefficient (Wildman–Crippen LogP) is 5.05. The quantitative estimate of drug-likeness (QED) is 0.431. The Morgan fingerprint density at radius 3 is 2.29 bits per heavy atom. The van der Waals surface area contributed by atoms with Crippen molar-refractivity contribution in [2.75, 3.05) is 25.1 Å². The fourth-order valence-electron chi connectivity index (χ4n) is 2.44. The maximum absolute atomic E-state index is 5.72. The van der Waals surface area contributed by atoms with Gasteiger partial charge in [-0.2, -0.15) is 0 Å².